The van der Waals surface area contributed by atoms with E-state index in [0.717, 1.165) is 0 Å². The van der Waals surface area contributed by atoms with Gasteiger partial charge in [-0.05, 0) is 36.4 Å². The van der Waals surface area contributed by atoms with E-state index in [4.69, 9.17) is 4.74 Å². The molecule has 0 aliphatic rings. The number of alkyl halides is 3. The molecule has 1 aromatic heterocycles. The first-order valence-electron chi connectivity index (χ1n) is 8.37. The Kier molecular flexibility index (Phi) is 5.78. The maximum absolute atomic E-state index is 13.0. The Morgan fingerprint density at radius 3 is 2.28 bits per heavy atom. The first kappa shape index (κ1) is 20.6. The lowest BCUT2D eigenvalue weighted by Crippen LogP contribution is -2.39. The van der Waals surface area contributed by atoms with Gasteiger partial charge in [-0.3, -0.25) is 8.99 Å². The van der Waals surface area contributed by atoms with Crippen LogP contribution in [0.4, 0.5) is 18.9 Å². The Labute approximate surface area is 165 Å². The van der Waals surface area contributed by atoms with Crippen molar-refractivity contribution in [1.82, 2.24) is 14.8 Å². The number of hydrogen-bond donors (Lipinski definition) is 0. The molecule has 0 unspecified atom stereocenters. The van der Waals surface area contributed by atoms with Crippen LogP contribution >= 0.6 is 0 Å². The van der Waals surface area contributed by atoms with E-state index in [9.17, 15) is 21.6 Å². The highest BCUT2D eigenvalue weighted by atomic mass is 32.2. The second-order valence-corrected chi connectivity index (χ2v) is 7.88. The normalized spacial score (nSPS) is 12.0. The van der Waals surface area contributed by atoms with Crippen molar-refractivity contribution in [1.29, 1.82) is 0 Å². The Bertz CT molecular complexity index is 1050. The van der Waals surface area contributed by atoms with Gasteiger partial charge in [-0.25, -0.2) is 13.4 Å². The van der Waals surface area contributed by atoms with E-state index in [1.165, 1.54) is 59.5 Å². The number of halogens is 3. The SMILES string of the molecule is Cn1ncnc1COc1ccc(S(=O)(=O)N(CC(F)(F)F)c2ccccc2)cc1. The minimum Gasteiger partial charge on any atom is -0.486 e. The average Bonchev–Trinajstić information content (AvgIpc) is 3.09. The van der Waals surface area contributed by atoms with Gasteiger partial charge in [0.15, 0.2) is 5.82 Å². The van der Waals surface area contributed by atoms with Crippen LogP contribution in [0.5, 0.6) is 5.75 Å². The van der Waals surface area contributed by atoms with Crippen LogP contribution < -0.4 is 9.04 Å². The molecule has 0 spiro atoms. The van der Waals surface area contributed by atoms with Crippen molar-refractivity contribution >= 4 is 15.7 Å². The van der Waals surface area contributed by atoms with Crippen molar-refractivity contribution in [3.8, 4) is 5.75 Å². The van der Waals surface area contributed by atoms with Gasteiger partial charge in [0.2, 0.25) is 0 Å². The van der Waals surface area contributed by atoms with Gasteiger partial charge in [0.1, 0.15) is 25.2 Å². The van der Waals surface area contributed by atoms with E-state index in [2.05, 4.69) is 10.1 Å². The van der Waals surface area contributed by atoms with Crippen LogP contribution in [-0.4, -0.2) is 35.9 Å². The van der Waals surface area contributed by atoms with Crippen LogP contribution in [-0.2, 0) is 23.7 Å². The molecule has 29 heavy (non-hydrogen) atoms. The maximum Gasteiger partial charge on any atom is 0.407 e. The van der Waals surface area contributed by atoms with Gasteiger partial charge in [0, 0.05) is 7.05 Å². The number of anilines is 1. The number of nitrogens with zero attached hydrogens (tertiary/aromatic N) is 4. The fourth-order valence-corrected chi connectivity index (χ4v) is 3.96. The summed E-state index contributed by atoms with van der Waals surface area (Å²) in [6, 6.07) is 12.3. The average molecular weight is 426 g/mol. The van der Waals surface area contributed by atoms with E-state index in [0.29, 0.717) is 15.9 Å². The van der Waals surface area contributed by atoms with E-state index in [1.807, 2.05) is 0 Å². The van der Waals surface area contributed by atoms with E-state index in [-0.39, 0.29) is 17.2 Å². The zero-order valence-electron chi connectivity index (χ0n) is 15.2. The number of ether oxygens (including phenoxy) is 1. The maximum atomic E-state index is 13.0. The minimum atomic E-state index is -4.71. The number of sulfonamides is 1. The monoisotopic (exact) mass is 426 g/mol. The summed E-state index contributed by atoms with van der Waals surface area (Å²) in [5.41, 5.74) is -0.0765. The molecular weight excluding hydrogens is 409 g/mol. The second-order valence-electron chi connectivity index (χ2n) is 6.02. The van der Waals surface area contributed by atoms with Gasteiger partial charge in [0.05, 0.1) is 10.6 Å². The molecule has 11 heteroatoms. The highest BCUT2D eigenvalue weighted by Gasteiger charge is 2.37. The van der Waals surface area contributed by atoms with Crippen molar-refractivity contribution in [2.45, 2.75) is 17.7 Å². The molecule has 0 atom stereocenters. The number of benzene rings is 2. The summed E-state index contributed by atoms with van der Waals surface area (Å²) < 4.78 is 72.2. The molecule has 0 saturated carbocycles. The largest absolute Gasteiger partial charge is 0.486 e. The van der Waals surface area contributed by atoms with Gasteiger partial charge < -0.3 is 4.74 Å². The molecule has 0 N–H and O–H groups in total. The third-order valence-electron chi connectivity index (χ3n) is 3.95. The van der Waals surface area contributed by atoms with Crippen molar-refractivity contribution in [2.24, 2.45) is 7.05 Å². The van der Waals surface area contributed by atoms with Crippen LogP contribution in [0.1, 0.15) is 5.82 Å². The first-order valence-corrected chi connectivity index (χ1v) is 9.81. The van der Waals surface area contributed by atoms with Gasteiger partial charge in [0.25, 0.3) is 10.0 Å². The van der Waals surface area contributed by atoms with Crippen molar-refractivity contribution in [3.63, 3.8) is 0 Å². The third-order valence-corrected chi connectivity index (χ3v) is 5.74. The summed E-state index contributed by atoms with van der Waals surface area (Å²) in [4.78, 5) is 3.72. The lowest BCUT2D eigenvalue weighted by molar-refractivity contribution is -0.117. The number of para-hydroxylation sites is 1. The molecule has 7 nitrogen and oxygen atoms in total. The summed E-state index contributed by atoms with van der Waals surface area (Å²) in [6.45, 7) is -1.53. The number of rotatable bonds is 7. The molecule has 0 saturated heterocycles. The topological polar surface area (TPSA) is 77.3 Å². The quantitative estimate of drug-likeness (QED) is 0.580. The third kappa shape index (κ3) is 5.05. The molecule has 0 bridgehead atoms. The molecule has 1 heterocycles. The van der Waals surface area contributed by atoms with Crippen molar-refractivity contribution in [3.05, 3.63) is 66.7 Å². The number of aromatic nitrogens is 3. The van der Waals surface area contributed by atoms with Crippen LogP contribution in [0.15, 0.2) is 65.8 Å². The van der Waals surface area contributed by atoms with E-state index >= 15 is 0 Å². The predicted molar refractivity (Wildman–Crippen MR) is 98.8 cm³/mol. The number of aryl methyl sites for hydroxylation is 1. The lowest BCUT2D eigenvalue weighted by atomic mass is 10.3. The fourth-order valence-electron chi connectivity index (χ4n) is 2.51. The molecule has 3 rings (SSSR count). The Morgan fingerprint density at radius 1 is 1.07 bits per heavy atom. The molecule has 0 radical (unpaired) electrons. The Morgan fingerprint density at radius 2 is 1.72 bits per heavy atom. The molecule has 154 valence electrons. The van der Waals surface area contributed by atoms with E-state index in [1.54, 1.807) is 13.1 Å². The van der Waals surface area contributed by atoms with Crippen LogP contribution in [0.3, 0.4) is 0 Å². The van der Waals surface area contributed by atoms with Gasteiger partial charge >= 0.3 is 6.18 Å². The Balaban J connectivity index is 1.83. The summed E-state index contributed by atoms with van der Waals surface area (Å²) in [7, 11) is -2.74. The van der Waals surface area contributed by atoms with Crippen LogP contribution in [0.2, 0.25) is 0 Å². The zero-order chi connectivity index (χ0) is 21.1. The summed E-state index contributed by atoms with van der Waals surface area (Å²) >= 11 is 0. The molecule has 0 fully saturated rings. The number of hydrogen-bond acceptors (Lipinski definition) is 5. The smallest absolute Gasteiger partial charge is 0.407 e. The molecule has 0 aliphatic heterocycles. The van der Waals surface area contributed by atoms with Crippen LogP contribution in [0, 0.1) is 0 Å². The van der Waals surface area contributed by atoms with Crippen LogP contribution in [0.25, 0.3) is 0 Å². The summed E-state index contributed by atoms with van der Waals surface area (Å²) in [6.07, 6.45) is -3.34. The summed E-state index contributed by atoms with van der Waals surface area (Å²) in [5, 5.41) is 3.90. The molecule has 3 aromatic rings. The molecule has 0 amide bonds. The van der Waals surface area contributed by atoms with Gasteiger partial charge in [-0.2, -0.15) is 18.3 Å². The van der Waals surface area contributed by atoms with Gasteiger partial charge in [-0.15, -0.1) is 0 Å². The summed E-state index contributed by atoms with van der Waals surface area (Å²) in [5.74, 6) is 0.899. The van der Waals surface area contributed by atoms with Crippen molar-refractivity contribution < 1.29 is 26.3 Å². The highest BCUT2D eigenvalue weighted by Crippen LogP contribution is 2.29. The van der Waals surface area contributed by atoms with Crippen molar-refractivity contribution in [2.75, 3.05) is 10.8 Å². The lowest BCUT2D eigenvalue weighted by Gasteiger charge is -2.25. The van der Waals surface area contributed by atoms with E-state index < -0.39 is 22.7 Å². The highest BCUT2D eigenvalue weighted by molar-refractivity contribution is 7.92. The Hall–Kier alpha value is -3.08. The second kappa shape index (κ2) is 8.11. The standard InChI is InChI=1S/C18H17F3N4O3S/c1-24-17(22-13-23-24)11-28-15-7-9-16(10-8-15)29(26,27)25(12-18(19,20)21)14-5-3-2-4-6-14/h2-10,13H,11-12H2,1H3. The molecular formula is C18H17F3N4O3S. The van der Waals surface area contributed by atoms with Gasteiger partial charge in [-0.1, -0.05) is 18.2 Å². The first-order chi connectivity index (χ1) is 13.7. The predicted octanol–water partition coefficient (Wildman–Crippen LogP) is 3.15. The fraction of sp³-hybridized carbons (Fsp3) is 0.222. The zero-order valence-corrected chi connectivity index (χ0v) is 16.1. The minimum absolute atomic E-state index is 0.0765. The molecule has 0 aliphatic carbocycles. The molecule has 2 aromatic carbocycles.